The second kappa shape index (κ2) is 6.00. The molecule has 6 heteroatoms. The first kappa shape index (κ1) is 14.0. The van der Waals surface area contributed by atoms with Gasteiger partial charge in [0.1, 0.15) is 18.0 Å². The summed E-state index contributed by atoms with van der Waals surface area (Å²) in [4.78, 5) is 23.9. The first-order chi connectivity index (χ1) is 8.49. The molecule has 0 atom stereocenters. The van der Waals surface area contributed by atoms with Crippen LogP contribution in [0.4, 0.5) is 10.1 Å². The van der Waals surface area contributed by atoms with E-state index in [1.807, 2.05) is 0 Å². The average Bonchev–Trinajstić information content (AvgIpc) is 2.37. The number of carbonyl (C=O) groups is 2. The number of amides is 1. The van der Waals surface area contributed by atoms with Gasteiger partial charge in [-0.2, -0.15) is 0 Å². The van der Waals surface area contributed by atoms with E-state index >= 15 is 0 Å². The van der Waals surface area contributed by atoms with E-state index in [1.165, 1.54) is 33.4 Å². The van der Waals surface area contributed by atoms with E-state index in [2.05, 4.69) is 4.74 Å². The van der Waals surface area contributed by atoms with Gasteiger partial charge in [0.05, 0.1) is 19.9 Å². The van der Waals surface area contributed by atoms with Crippen molar-refractivity contribution in [2.45, 2.75) is 6.42 Å². The van der Waals surface area contributed by atoms with Crippen LogP contribution in [0.25, 0.3) is 0 Å². The highest BCUT2D eigenvalue weighted by Gasteiger charge is 2.19. The van der Waals surface area contributed by atoms with E-state index in [1.54, 1.807) is 0 Å². The predicted molar refractivity (Wildman–Crippen MR) is 63.0 cm³/mol. The van der Waals surface area contributed by atoms with Crippen molar-refractivity contribution in [3.05, 3.63) is 24.0 Å². The average molecular weight is 255 g/mol. The van der Waals surface area contributed by atoms with Crippen LogP contribution in [-0.4, -0.2) is 33.1 Å². The first-order valence-corrected chi connectivity index (χ1v) is 5.16. The maximum atomic E-state index is 13.2. The molecule has 1 amide bonds. The first-order valence-electron chi connectivity index (χ1n) is 5.16. The lowest BCUT2D eigenvalue weighted by Gasteiger charge is -2.19. The number of rotatable bonds is 4. The molecule has 0 saturated heterocycles. The quantitative estimate of drug-likeness (QED) is 0.602. The van der Waals surface area contributed by atoms with Gasteiger partial charge in [-0.25, -0.2) is 4.39 Å². The summed E-state index contributed by atoms with van der Waals surface area (Å²) in [5.41, 5.74) is 0.256. The van der Waals surface area contributed by atoms with Gasteiger partial charge < -0.3 is 14.4 Å². The largest absolute Gasteiger partial charge is 0.495 e. The number of esters is 1. The Kier molecular flexibility index (Phi) is 4.65. The Bertz CT molecular complexity index is 461. The molecule has 0 unspecified atom stereocenters. The fourth-order valence-electron chi connectivity index (χ4n) is 1.37. The van der Waals surface area contributed by atoms with Crippen LogP contribution in [0.5, 0.6) is 5.75 Å². The highest BCUT2D eigenvalue weighted by Crippen LogP contribution is 2.28. The number of hydrogen-bond acceptors (Lipinski definition) is 4. The van der Waals surface area contributed by atoms with E-state index < -0.39 is 24.1 Å². The van der Waals surface area contributed by atoms with Crippen LogP contribution in [0.15, 0.2) is 18.2 Å². The molecule has 0 radical (unpaired) electrons. The molecule has 0 aliphatic rings. The minimum atomic E-state index is -0.651. The van der Waals surface area contributed by atoms with E-state index in [0.29, 0.717) is 5.75 Å². The van der Waals surface area contributed by atoms with Crippen LogP contribution >= 0.6 is 0 Å². The second-order valence-electron chi connectivity index (χ2n) is 3.52. The summed E-state index contributed by atoms with van der Waals surface area (Å²) >= 11 is 0. The number of nitrogens with zero attached hydrogens (tertiary/aromatic N) is 1. The summed E-state index contributed by atoms with van der Waals surface area (Å²) in [6.45, 7) is 0. The highest BCUT2D eigenvalue weighted by molar-refractivity contribution is 6.03. The molecule has 1 aromatic carbocycles. The van der Waals surface area contributed by atoms with E-state index in [0.717, 1.165) is 11.0 Å². The molecule has 1 rings (SSSR count). The molecule has 0 spiro atoms. The zero-order valence-electron chi connectivity index (χ0n) is 10.4. The normalized spacial score (nSPS) is 9.78. The smallest absolute Gasteiger partial charge is 0.315 e. The van der Waals surface area contributed by atoms with Crippen molar-refractivity contribution in [1.82, 2.24) is 0 Å². The lowest BCUT2D eigenvalue weighted by atomic mass is 10.2. The number of methoxy groups -OCH3 is 2. The lowest BCUT2D eigenvalue weighted by Crippen LogP contribution is -2.29. The van der Waals surface area contributed by atoms with Crippen molar-refractivity contribution in [1.29, 1.82) is 0 Å². The molecular formula is C12H14FNO4. The van der Waals surface area contributed by atoms with Gasteiger partial charge in [-0.3, -0.25) is 9.59 Å². The summed E-state index contributed by atoms with van der Waals surface area (Å²) in [5, 5.41) is 0. The van der Waals surface area contributed by atoms with Crippen molar-refractivity contribution >= 4 is 17.6 Å². The molecule has 0 aliphatic carbocycles. The van der Waals surface area contributed by atoms with Crippen LogP contribution in [0.3, 0.4) is 0 Å². The summed E-state index contributed by atoms with van der Waals surface area (Å²) in [7, 11) is 4.04. The topological polar surface area (TPSA) is 55.8 Å². The second-order valence-corrected chi connectivity index (χ2v) is 3.52. The van der Waals surface area contributed by atoms with E-state index in [4.69, 9.17) is 4.74 Å². The van der Waals surface area contributed by atoms with Gasteiger partial charge in [-0.1, -0.05) is 0 Å². The number of ether oxygens (including phenoxy) is 2. The molecule has 0 N–H and O–H groups in total. The Labute approximate surface area is 104 Å². The van der Waals surface area contributed by atoms with Crippen molar-refractivity contribution in [2.75, 3.05) is 26.2 Å². The van der Waals surface area contributed by atoms with Crippen LogP contribution < -0.4 is 9.64 Å². The fourth-order valence-corrected chi connectivity index (χ4v) is 1.37. The molecule has 0 fully saturated rings. The predicted octanol–water partition coefficient (Wildman–Crippen LogP) is 1.36. The van der Waals surface area contributed by atoms with Crippen molar-refractivity contribution in [2.24, 2.45) is 0 Å². The molecule has 0 saturated carbocycles. The number of carbonyl (C=O) groups excluding carboxylic acids is 2. The molecule has 5 nitrogen and oxygen atoms in total. The van der Waals surface area contributed by atoms with Gasteiger partial charge in [0.25, 0.3) is 0 Å². The van der Waals surface area contributed by atoms with Crippen molar-refractivity contribution in [3.8, 4) is 5.75 Å². The number of anilines is 1. The molecule has 0 aliphatic heterocycles. The summed E-state index contributed by atoms with van der Waals surface area (Å²) in [6.07, 6.45) is -0.410. The van der Waals surface area contributed by atoms with Gasteiger partial charge in [-0.05, 0) is 12.1 Å². The van der Waals surface area contributed by atoms with Gasteiger partial charge in [0.2, 0.25) is 5.91 Å². The molecule has 1 aromatic rings. The standard InChI is InChI=1S/C12H14FNO4/c1-14(11(15)7-12(16)18-3)9-6-8(13)4-5-10(9)17-2/h4-6H,7H2,1-3H3. The SMILES string of the molecule is COC(=O)CC(=O)N(C)c1cc(F)ccc1OC. The number of halogens is 1. The van der Waals surface area contributed by atoms with E-state index in [-0.39, 0.29) is 5.69 Å². The van der Waals surface area contributed by atoms with Gasteiger partial charge in [0, 0.05) is 13.1 Å². The fraction of sp³-hybridized carbons (Fsp3) is 0.333. The Morgan fingerprint density at radius 2 is 2.00 bits per heavy atom. The maximum Gasteiger partial charge on any atom is 0.315 e. The molecule has 0 heterocycles. The number of benzene rings is 1. The third kappa shape index (κ3) is 3.19. The minimum absolute atomic E-state index is 0.256. The van der Waals surface area contributed by atoms with Gasteiger partial charge in [-0.15, -0.1) is 0 Å². The minimum Gasteiger partial charge on any atom is -0.495 e. The van der Waals surface area contributed by atoms with Crippen LogP contribution in [0.1, 0.15) is 6.42 Å². The van der Waals surface area contributed by atoms with Crippen LogP contribution in [-0.2, 0) is 14.3 Å². The lowest BCUT2D eigenvalue weighted by molar-refractivity contribution is -0.143. The summed E-state index contributed by atoms with van der Waals surface area (Å²) in [6, 6.07) is 3.79. The Morgan fingerprint density at radius 1 is 1.33 bits per heavy atom. The third-order valence-corrected chi connectivity index (χ3v) is 2.40. The highest BCUT2D eigenvalue weighted by atomic mass is 19.1. The van der Waals surface area contributed by atoms with Crippen molar-refractivity contribution < 1.29 is 23.5 Å². The maximum absolute atomic E-state index is 13.2. The molecule has 0 bridgehead atoms. The molecule has 18 heavy (non-hydrogen) atoms. The van der Waals surface area contributed by atoms with Gasteiger partial charge >= 0.3 is 5.97 Å². The third-order valence-electron chi connectivity index (χ3n) is 2.40. The summed E-state index contributed by atoms with van der Waals surface area (Å²) < 4.78 is 22.6. The Morgan fingerprint density at radius 3 is 2.56 bits per heavy atom. The zero-order valence-corrected chi connectivity index (χ0v) is 10.4. The number of hydrogen-bond donors (Lipinski definition) is 0. The zero-order chi connectivity index (χ0) is 13.7. The molecule has 98 valence electrons. The van der Waals surface area contributed by atoms with E-state index in [9.17, 15) is 14.0 Å². The molecular weight excluding hydrogens is 241 g/mol. The van der Waals surface area contributed by atoms with Crippen LogP contribution in [0.2, 0.25) is 0 Å². The Balaban J connectivity index is 2.95. The Hall–Kier alpha value is -2.11. The monoisotopic (exact) mass is 255 g/mol. The summed E-state index contributed by atoms with van der Waals surface area (Å²) in [5.74, 6) is -1.31. The van der Waals surface area contributed by atoms with Gasteiger partial charge in [0.15, 0.2) is 0 Å². The van der Waals surface area contributed by atoms with Crippen LogP contribution in [0, 0.1) is 5.82 Å². The van der Waals surface area contributed by atoms with Crippen molar-refractivity contribution in [3.63, 3.8) is 0 Å². The molecule has 0 aromatic heterocycles.